The zero-order valence-corrected chi connectivity index (χ0v) is 9.91. The summed E-state index contributed by atoms with van der Waals surface area (Å²) in [5.74, 6) is -1.24. The molecule has 0 unspecified atom stereocenters. The number of hydrogen-bond acceptors (Lipinski definition) is 3. The average Bonchev–Trinajstić information content (AvgIpc) is 2.13. The summed E-state index contributed by atoms with van der Waals surface area (Å²) < 4.78 is 33.0. The van der Waals surface area contributed by atoms with Gasteiger partial charge < -0.3 is 15.4 Å². The monoisotopic (exact) mass is 242 g/mol. The number of hydrogen-bond donors (Lipinski definition) is 1. The van der Waals surface area contributed by atoms with Crippen molar-refractivity contribution < 1.29 is 13.5 Å². The second-order valence-electron chi connectivity index (χ2n) is 4.50. The minimum absolute atomic E-state index is 0.0128. The molecule has 2 N–H and O–H groups in total. The number of anilines is 2. The lowest BCUT2D eigenvalue weighted by Gasteiger charge is -2.37. The van der Waals surface area contributed by atoms with E-state index in [4.69, 9.17) is 10.5 Å². The van der Waals surface area contributed by atoms with Gasteiger partial charge in [0.1, 0.15) is 5.69 Å². The minimum Gasteiger partial charge on any atom is -0.399 e. The van der Waals surface area contributed by atoms with E-state index < -0.39 is 11.6 Å². The van der Waals surface area contributed by atoms with Gasteiger partial charge in [-0.2, -0.15) is 0 Å². The highest BCUT2D eigenvalue weighted by Gasteiger charge is 2.26. The Morgan fingerprint density at radius 3 is 2.12 bits per heavy atom. The molecule has 1 aromatic rings. The topological polar surface area (TPSA) is 38.5 Å². The number of nitrogen functional groups attached to an aromatic ring is 1. The third-order valence-electron chi connectivity index (χ3n) is 2.78. The molecular weight excluding hydrogens is 226 g/mol. The van der Waals surface area contributed by atoms with Crippen molar-refractivity contribution in [2.24, 2.45) is 0 Å². The molecule has 2 atom stereocenters. The molecule has 0 aromatic heterocycles. The molecule has 0 bridgehead atoms. The minimum atomic E-state index is -0.621. The highest BCUT2D eigenvalue weighted by atomic mass is 19.1. The van der Waals surface area contributed by atoms with Crippen molar-refractivity contribution in [1.82, 2.24) is 0 Å². The molecule has 0 saturated carbocycles. The maximum atomic E-state index is 13.7. The second-order valence-corrected chi connectivity index (χ2v) is 4.50. The summed E-state index contributed by atoms with van der Waals surface area (Å²) in [6.45, 7) is 4.72. The molecular formula is C12H16F2N2O. The van der Waals surface area contributed by atoms with Crippen LogP contribution in [-0.4, -0.2) is 25.3 Å². The number of benzene rings is 1. The van der Waals surface area contributed by atoms with Gasteiger partial charge in [-0.15, -0.1) is 0 Å². The molecule has 0 spiro atoms. The average molecular weight is 242 g/mol. The lowest BCUT2D eigenvalue weighted by atomic mass is 10.1. The molecule has 1 aliphatic rings. The van der Waals surface area contributed by atoms with Crippen LogP contribution in [0.2, 0.25) is 0 Å². The van der Waals surface area contributed by atoms with Gasteiger partial charge in [-0.1, -0.05) is 0 Å². The summed E-state index contributed by atoms with van der Waals surface area (Å²) >= 11 is 0. The maximum absolute atomic E-state index is 13.7. The van der Waals surface area contributed by atoms with Crippen molar-refractivity contribution >= 4 is 11.4 Å². The molecule has 94 valence electrons. The first-order chi connectivity index (χ1) is 7.97. The smallest absolute Gasteiger partial charge is 0.151 e. The Balaban J connectivity index is 2.33. The predicted molar refractivity (Wildman–Crippen MR) is 63.0 cm³/mol. The van der Waals surface area contributed by atoms with Gasteiger partial charge in [-0.3, -0.25) is 0 Å². The first-order valence-corrected chi connectivity index (χ1v) is 5.62. The van der Waals surface area contributed by atoms with E-state index in [0.29, 0.717) is 13.1 Å². The molecule has 0 radical (unpaired) electrons. The van der Waals surface area contributed by atoms with Crippen LogP contribution in [0.4, 0.5) is 20.2 Å². The Bertz CT molecular complexity index is 392. The van der Waals surface area contributed by atoms with Crippen LogP contribution in [-0.2, 0) is 4.74 Å². The zero-order chi connectivity index (χ0) is 12.6. The van der Waals surface area contributed by atoms with Crippen LogP contribution in [0.25, 0.3) is 0 Å². The van der Waals surface area contributed by atoms with E-state index in [0.717, 1.165) is 12.1 Å². The Morgan fingerprint density at radius 1 is 1.18 bits per heavy atom. The lowest BCUT2D eigenvalue weighted by molar-refractivity contribution is -0.00557. The Kier molecular flexibility index (Phi) is 3.19. The molecule has 1 heterocycles. The molecule has 3 nitrogen and oxygen atoms in total. The van der Waals surface area contributed by atoms with E-state index in [9.17, 15) is 8.78 Å². The van der Waals surface area contributed by atoms with Crippen LogP contribution in [0.5, 0.6) is 0 Å². The van der Waals surface area contributed by atoms with Crippen LogP contribution in [0.3, 0.4) is 0 Å². The Labute approximate surface area is 99.2 Å². The quantitative estimate of drug-likeness (QED) is 0.767. The third-order valence-corrected chi connectivity index (χ3v) is 2.78. The zero-order valence-electron chi connectivity index (χ0n) is 9.91. The van der Waals surface area contributed by atoms with Gasteiger partial charge in [0, 0.05) is 18.8 Å². The van der Waals surface area contributed by atoms with Crippen LogP contribution >= 0.6 is 0 Å². The summed E-state index contributed by atoms with van der Waals surface area (Å²) in [4.78, 5) is 1.67. The number of nitrogens with zero attached hydrogens (tertiary/aromatic N) is 1. The summed E-state index contributed by atoms with van der Waals surface area (Å²) in [7, 11) is 0. The first kappa shape index (κ1) is 12.1. The number of morpholine rings is 1. The largest absolute Gasteiger partial charge is 0.399 e. The van der Waals surface area contributed by atoms with Crippen LogP contribution in [0.15, 0.2) is 12.1 Å². The van der Waals surface area contributed by atoms with Crippen molar-refractivity contribution in [2.75, 3.05) is 23.7 Å². The SMILES string of the molecule is C[C@@H]1CN(c2c(F)cc(N)cc2F)C[C@H](C)O1. The van der Waals surface area contributed by atoms with Gasteiger partial charge in [-0.05, 0) is 26.0 Å². The number of ether oxygens (including phenoxy) is 1. The standard InChI is InChI=1S/C12H16F2N2O/c1-7-5-16(6-8(2)17-7)12-10(13)3-9(15)4-11(12)14/h3-4,7-8H,5-6,15H2,1-2H3/t7-,8+. The van der Waals surface area contributed by atoms with Gasteiger partial charge in [0.2, 0.25) is 0 Å². The second kappa shape index (κ2) is 4.49. The third kappa shape index (κ3) is 2.49. The van der Waals surface area contributed by atoms with E-state index in [1.54, 1.807) is 4.90 Å². The molecule has 1 aromatic carbocycles. The molecule has 2 rings (SSSR count). The fraction of sp³-hybridized carbons (Fsp3) is 0.500. The fourth-order valence-electron chi connectivity index (χ4n) is 2.25. The molecule has 1 saturated heterocycles. The van der Waals surface area contributed by atoms with E-state index in [-0.39, 0.29) is 23.6 Å². The lowest BCUT2D eigenvalue weighted by Crippen LogP contribution is -2.46. The summed E-state index contributed by atoms with van der Waals surface area (Å²) in [6, 6.07) is 2.28. The number of halogens is 2. The van der Waals surface area contributed by atoms with Crippen LogP contribution in [0.1, 0.15) is 13.8 Å². The number of nitrogens with two attached hydrogens (primary N) is 1. The van der Waals surface area contributed by atoms with Gasteiger partial charge >= 0.3 is 0 Å². The fourth-order valence-corrected chi connectivity index (χ4v) is 2.25. The van der Waals surface area contributed by atoms with Crippen molar-refractivity contribution in [1.29, 1.82) is 0 Å². The van der Waals surface area contributed by atoms with Gasteiger partial charge in [0.25, 0.3) is 0 Å². The van der Waals surface area contributed by atoms with Crippen LogP contribution in [0, 0.1) is 11.6 Å². The summed E-state index contributed by atoms with van der Waals surface area (Å²) in [6.07, 6.45) is -0.0924. The van der Waals surface area contributed by atoms with Gasteiger partial charge in [0.15, 0.2) is 11.6 Å². The van der Waals surface area contributed by atoms with E-state index >= 15 is 0 Å². The number of rotatable bonds is 1. The molecule has 1 aliphatic heterocycles. The van der Waals surface area contributed by atoms with E-state index in [1.807, 2.05) is 13.8 Å². The Hall–Kier alpha value is -1.36. The van der Waals surface area contributed by atoms with Crippen molar-refractivity contribution in [3.05, 3.63) is 23.8 Å². The maximum Gasteiger partial charge on any atom is 0.151 e. The summed E-state index contributed by atoms with van der Waals surface area (Å²) in [5.41, 5.74) is 5.47. The van der Waals surface area contributed by atoms with Gasteiger partial charge in [-0.25, -0.2) is 8.78 Å². The molecule has 1 fully saturated rings. The van der Waals surface area contributed by atoms with E-state index in [2.05, 4.69) is 0 Å². The highest BCUT2D eigenvalue weighted by Crippen LogP contribution is 2.28. The van der Waals surface area contributed by atoms with Crippen LogP contribution < -0.4 is 10.6 Å². The molecule has 5 heteroatoms. The van der Waals surface area contributed by atoms with Gasteiger partial charge in [0.05, 0.1) is 12.2 Å². The highest BCUT2D eigenvalue weighted by molar-refractivity contribution is 5.56. The normalized spacial score (nSPS) is 25.1. The van der Waals surface area contributed by atoms with Crippen molar-refractivity contribution in [3.63, 3.8) is 0 Å². The summed E-state index contributed by atoms with van der Waals surface area (Å²) in [5, 5.41) is 0. The molecule has 17 heavy (non-hydrogen) atoms. The first-order valence-electron chi connectivity index (χ1n) is 5.62. The van der Waals surface area contributed by atoms with Crippen molar-refractivity contribution in [3.8, 4) is 0 Å². The Morgan fingerprint density at radius 2 is 1.65 bits per heavy atom. The van der Waals surface area contributed by atoms with Crippen molar-refractivity contribution in [2.45, 2.75) is 26.1 Å². The predicted octanol–water partition coefficient (Wildman–Crippen LogP) is 2.16. The molecule has 0 amide bonds. The van der Waals surface area contributed by atoms with E-state index in [1.165, 1.54) is 0 Å². The molecule has 0 aliphatic carbocycles.